The molecule has 20 heavy (non-hydrogen) atoms. The minimum atomic E-state index is -1.07. The van der Waals surface area contributed by atoms with Gasteiger partial charge in [0.05, 0.1) is 10.5 Å². The first-order chi connectivity index (χ1) is 9.41. The number of carbonyl (C=O) groups is 1. The van der Waals surface area contributed by atoms with Gasteiger partial charge in [0.25, 0.3) is 5.69 Å². The summed E-state index contributed by atoms with van der Waals surface area (Å²) in [6, 6.07) is 4.32. The summed E-state index contributed by atoms with van der Waals surface area (Å²) in [5.74, 6) is -1.07. The summed E-state index contributed by atoms with van der Waals surface area (Å²) in [6.07, 6.45) is 3.00. The Balaban J connectivity index is 2.53. The molecule has 1 heterocycles. The minimum Gasteiger partial charge on any atom is -0.478 e. The number of anilines is 1. The molecule has 108 valence electrons. The lowest BCUT2D eigenvalue weighted by atomic mass is 9.96. The van der Waals surface area contributed by atoms with Gasteiger partial charge in [0.2, 0.25) is 0 Å². The van der Waals surface area contributed by atoms with E-state index in [4.69, 9.17) is 5.11 Å². The molecule has 0 saturated carbocycles. The van der Waals surface area contributed by atoms with E-state index in [2.05, 4.69) is 0 Å². The predicted octanol–water partition coefficient (Wildman–Crippen LogP) is 3.06. The molecule has 0 spiro atoms. The molecule has 1 aromatic rings. The van der Waals surface area contributed by atoms with Gasteiger partial charge in [-0.25, -0.2) is 4.79 Å². The second kappa shape index (κ2) is 5.48. The number of carboxylic acids is 1. The van der Waals surface area contributed by atoms with Gasteiger partial charge in [0.15, 0.2) is 0 Å². The molecule has 2 rings (SSSR count). The third-order valence-corrected chi connectivity index (χ3v) is 3.89. The predicted molar refractivity (Wildman–Crippen MR) is 75.3 cm³/mol. The van der Waals surface area contributed by atoms with Crippen molar-refractivity contribution in [1.29, 1.82) is 0 Å². The van der Waals surface area contributed by atoms with Crippen LogP contribution in [-0.2, 0) is 0 Å². The number of rotatable bonds is 3. The van der Waals surface area contributed by atoms with Crippen molar-refractivity contribution in [2.75, 3.05) is 4.90 Å². The van der Waals surface area contributed by atoms with Crippen LogP contribution in [0.1, 0.15) is 43.5 Å². The summed E-state index contributed by atoms with van der Waals surface area (Å²) in [5.41, 5.74) is 0.459. The number of nitrogens with zero attached hydrogens (tertiary/aromatic N) is 2. The largest absolute Gasteiger partial charge is 0.478 e. The molecule has 0 bridgehead atoms. The molecular weight excluding hydrogens is 260 g/mol. The van der Waals surface area contributed by atoms with E-state index < -0.39 is 10.9 Å². The van der Waals surface area contributed by atoms with Crippen molar-refractivity contribution < 1.29 is 14.8 Å². The van der Waals surface area contributed by atoms with E-state index in [1.54, 1.807) is 0 Å². The van der Waals surface area contributed by atoms with Crippen molar-refractivity contribution >= 4 is 17.3 Å². The molecule has 0 radical (unpaired) electrons. The molecule has 1 aliphatic rings. The monoisotopic (exact) mass is 278 g/mol. The third kappa shape index (κ3) is 2.59. The Morgan fingerprint density at radius 3 is 2.45 bits per heavy atom. The molecular formula is C14H18N2O4. The third-order valence-electron chi connectivity index (χ3n) is 3.89. The first-order valence-corrected chi connectivity index (χ1v) is 6.72. The number of hydrogen-bond acceptors (Lipinski definition) is 4. The quantitative estimate of drug-likeness (QED) is 0.678. The van der Waals surface area contributed by atoms with Crippen molar-refractivity contribution in [1.82, 2.24) is 0 Å². The molecule has 1 saturated heterocycles. The van der Waals surface area contributed by atoms with Gasteiger partial charge in [-0.05, 0) is 45.2 Å². The zero-order valence-corrected chi connectivity index (χ0v) is 11.6. The fourth-order valence-electron chi connectivity index (χ4n) is 2.91. The zero-order valence-electron chi connectivity index (χ0n) is 11.6. The lowest BCUT2D eigenvalue weighted by molar-refractivity contribution is -0.384. The van der Waals surface area contributed by atoms with E-state index in [1.807, 2.05) is 18.7 Å². The summed E-state index contributed by atoms with van der Waals surface area (Å²) in [6.45, 7) is 4.04. The van der Waals surface area contributed by atoms with Crippen molar-refractivity contribution in [2.45, 2.75) is 45.2 Å². The Labute approximate surface area is 117 Å². The number of piperidine rings is 1. The van der Waals surface area contributed by atoms with E-state index in [9.17, 15) is 14.9 Å². The van der Waals surface area contributed by atoms with Gasteiger partial charge in [-0.15, -0.1) is 0 Å². The van der Waals surface area contributed by atoms with Gasteiger partial charge in [0, 0.05) is 18.2 Å². The summed E-state index contributed by atoms with van der Waals surface area (Å²) in [4.78, 5) is 23.8. The normalized spacial score (nSPS) is 22.6. The van der Waals surface area contributed by atoms with E-state index >= 15 is 0 Å². The van der Waals surface area contributed by atoms with Gasteiger partial charge in [-0.3, -0.25) is 10.1 Å². The topological polar surface area (TPSA) is 83.7 Å². The summed E-state index contributed by atoms with van der Waals surface area (Å²) >= 11 is 0. The van der Waals surface area contributed by atoms with Crippen LogP contribution in [0, 0.1) is 10.1 Å². The van der Waals surface area contributed by atoms with Crippen LogP contribution < -0.4 is 4.90 Å². The van der Waals surface area contributed by atoms with Crippen molar-refractivity contribution in [2.24, 2.45) is 0 Å². The second-order valence-electron chi connectivity index (χ2n) is 5.30. The van der Waals surface area contributed by atoms with Crippen LogP contribution in [0.3, 0.4) is 0 Å². The van der Waals surface area contributed by atoms with E-state index in [0.29, 0.717) is 5.69 Å². The van der Waals surface area contributed by atoms with Crippen LogP contribution in [0.2, 0.25) is 0 Å². The highest BCUT2D eigenvalue weighted by Gasteiger charge is 2.30. The first kappa shape index (κ1) is 14.3. The SMILES string of the molecule is C[C@@H]1CCC[C@H](C)N1c1cc(C(=O)O)ccc1[N+](=O)[O-]. The molecule has 0 aromatic heterocycles. The number of nitro benzene ring substituents is 1. The molecule has 6 heteroatoms. The maximum atomic E-state index is 11.2. The highest BCUT2D eigenvalue weighted by atomic mass is 16.6. The molecule has 6 nitrogen and oxygen atoms in total. The van der Waals surface area contributed by atoms with Crippen molar-refractivity contribution in [3.63, 3.8) is 0 Å². The number of carboxylic acid groups (broad SMARTS) is 1. The Morgan fingerprint density at radius 2 is 1.95 bits per heavy atom. The van der Waals surface area contributed by atoms with Crippen LogP contribution in [0.15, 0.2) is 18.2 Å². The van der Waals surface area contributed by atoms with Gasteiger partial charge in [0.1, 0.15) is 5.69 Å². The van der Waals surface area contributed by atoms with Gasteiger partial charge < -0.3 is 10.0 Å². The van der Waals surface area contributed by atoms with E-state index in [1.165, 1.54) is 18.2 Å². The average molecular weight is 278 g/mol. The number of aromatic carboxylic acids is 1. The summed E-state index contributed by atoms with van der Waals surface area (Å²) < 4.78 is 0. The van der Waals surface area contributed by atoms with Crippen LogP contribution in [0.25, 0.3) is 0 Å². The molecule has 0 unspecified atom stereocenters. The molecule has 1 aromatic carbocycles. The van der Waals surface area contributed by atoms with Crippen LogP contribution in [0.5, 0.6) is 0 Å². The number of hydrogen-bond donors (Lipinski definition) is 1. The smallest absolute Gasteiger partial charge is 0.335 e. The fourth-order valence-corrected chi connectivity index (χ4v) is 2.91. The first-order valence-electron chi connectivity index (χ1n) is 6.72. The average Bonchev–Trinajstić information content (AvgIpc) is 2.38. The lowest BCUT2D eigenvalue weighted by Crippen LogP contribution is -2.44. The molecule has 1 N–H and O–H groups in total. The Hall–Kier alpha value is -2.11. The lowest BCUT2D eigenvalue weighted by Gasteiger charge is -2.40. The Kier molecular flexibility index (Phi) is 3.92. The van der Waals surface area contributed by atoms with E-state index in [-0.39, 0.29) is 23.3 Å². The molecule has 0 aliphatic carbocycles. The van der Waals surface area contributed by atoms with Gasteiger partial charge >= 0.3 is 5.97 Å². The standard InChI is InChI=1S/C14H18N2O4/c1-9-4-3-5-10(2)15(9)13-8-11(14(17)18)6-7-12(13)16(19)20/h6-10H,3-5H2,1-2H3,(H,17,18)/t9-,10+. The van der Waals surface area contributed by atoms with E-state index in [0.717, 1.165) is 19.3 Å². The molecule has 1 aliphatic heterocycles. The Bertz CT molecular complexity index is 534. The Morgan fingerprint density at radius 1 is 1.35 bits per heavy atom. The molecule has 0 amide bonds. The highest BCUT2D eigenvalue weighted by Crippen LogP contribution is 2.36. The van der Waals surface area contributed by atoms with Gasteiger partial charge in [-0.1, -0.05) is 0 Å². The molecule has 2 atom stereocenters. The second-order valence-corrected chi connectivity index (χ2v) is 5.30. The van der Waals surface area contributed by atoms with Crippen molar-refractivity contribution in [3.05, 3.63) is 33.9 Å². The summed E-state index contributed by atoms with van der Waals surface area (Å²) in [7, 11) is 0. The zero-order chi connectivity index (χ0) is 14.9. The summed E-state index contributed by atoms with van der Waals surface area (Å²) in [5, 5.41) is 20.3. The molecule has 1 fully saturated rings. The fraction of sp³-hybridized carbons (Fsp3) is 0.500. The maximum Gasteiger partial charge on any atom is 0.335 e. The van der Waals surface area contributed by atoms with Gasteiger partial charge in [-0.2, -0.15) is 0 Å². The number of benzene rings is 1. The minimum absolute atomic E-state index is 0.0319. The van der Waals surface area contributed by atoms with Crippen molar-refractivity contribution in [3.8, 4) is 0 Å². The maximum absolute atomic E-state index is 11.2. The van der Waals surface area contributed by atoms with Crippen LogP contribution in [-0.4, -0.2) is 28.1 Å². The van der Waals surface area contributed by atoms with Crippen LogP contribution in [0.4, 0.5) is 11.4 Å². The highest BCUT2D eigenvalue weighted by molar-refractivity contribution is 5.90. The van der Waals surface area contributed by atoms with Crippen LogP contribution >= 0.6 is 0 Å². The number of nitro groups is 1.